The highest BCUT2D eigenvalue weighted by atomic mass is 16.5. The number of nitrogens with zero attached hydrogens (tertiary/aromatic N) is 1. The van der Waals surface area contributed by atoms with Gasteiger partial charge in [-0.2, -0.15) is 0 Å². The summed E-state index contributed by atoms with van der Waals surface area (Å²) in [4.78, 5) is 14.4. The van der Waals surface area contributed by atoms with Gasteiger partial charge in [0.2, 0.25) is 5.91 Å². The maximum Gasteiger partial charge on any atom is 0.226 e. The van der Waals surface area contributed by atoms with Crippen LogP contribution in [0.4, 0.5) is 0 Å². The fraction of sp³-hybridized carbons (Fsp3) is 0.923. The van der Waals surface area contributed by atoms with Gasteiger partial charge in [-0.3, -0.25) is 4.79 Å². The molecule has 1 rings (SSSR count). The number of methoxy groups -OCH3 is 1. The van der Waals surface area contributed by atoms with Gasteiger partial charge in [0.05, 0.1) is 6.10 Å². The van der Waals surface area contributed by atoms with Crippen molar-refractivity contribution >= 4 is 5.91 Å². The van der Waals surface area contributed by atoms with E-state index in [9.17, 15) is 4.79 Å². The molecule has 4 heteroatoms. The zero-order valence-corrected chi connectivity index (χ0v) is 11.7. The number of carbonyl (C=O) groups excluding carboxylic acids is 1. The summed E-state index contributed by atoms with van der Waals surface area (Å²) >= 11 is 0. The Morgan fingerprint density at radius 3 is 2.29 bits per heavy atom. The number of amides is 1. The van der Waals surface area contributed by atoms with Gasteiger partial charge in [0, 0.05) is 25.6 Å². The van der Waals surface area contributed by atoms with Gasteiger partial charge in [-0.05, 0) is 39.8 Å². The Labute approximate surface area is 105 Å². The minimum atomic E-state index is 0.0908. The summed E-state index contributed by atoms with van der Waals surface area (Å²) in [6.07, 6.45) is 0.0908. The van der Waals surface area contributed by atoms with Crippen molar-refractivity contribution in [3.63, 3.8) is 0 Å². The van der Waals surface area contributed by atoms with Crippen LogP contribution in [0.5, 0.6) is 0 Å². The third kappa shape index (κ3) is 3.68. The fourth-order valence-corrected chi connectivity index (χ4v) is 2.03. The largest absolute Gasteiger partial charge is 0.380 e. The monoisotopic (exact) mass is 242 g/mol. The molecule has 2 atom stereocenters. The number of hydrogen-bond acceptors (Lipinski definition) is 3. The first-order valence-corrected chi connectivity index (χ1v) is 6.51. The van der Waals surface area contributed by atoms with Crippen LogP contribution in [0, 0.1) is 11.8 Å². The van der Waals surface area contributed by atoms with Gasteiger partial charge in [-0.15, -0.1) is 0 Å². The molecule has 1 fully saturated rings. The molecule has 17 heavy (non-hydrogen) atoms. The molecule has 0 aromatic carbocycles. The van der Waals surface area contributed by atoms with Crippen LogP contribution in [0.2, 0.25) is 0 Å². The molecule has 0 radical (unpaired) electrons. The van der Waals surface area contributed by atoms with E-state index in [4.69, 9.17) is 4.74 Å². The van der Waals surface area contributed by atoms with Crippen LogP contribution in [0.3, 0.4) is 0 Å². The van der Waals surface area contributed by atoms with Crippen LogP contribution in [-0.4, -0.2) is 49.7 Å². The normalized spacial score (nSPS) is 19.9. The predicted octanol–water partition coefficient (Wildman–Crippen LogP) is 1.11. The molecule has 1 saturated heterocycles. The molecular formula is C13H26N2O2. The average molecular weight is 242 g/mol. The lowest BCUT2D eigenvalue weighted by Crippen LogP contribution is -2.52. The number of ether oxygens (including phenoxy) is 1. The molecule has 1 aliphatic rings. The van der Waals surface area contributed by atoms with E-state index in [1.54, 1.807) is 7.11 Å². The molecule has 1 amide bonds. The summed E-state index contributed by atoms with van der Waals surface area (Å²) in [6.45, 7) is 10.8. The van der Waals surface area contributed by atoms with Crippen LogP contribution in [0.1, 0.15) is 27.7 Å². The van der Waals surface area contributed by atoms with Crippen molar-refractivity contribution in [3.05, 3.63) is 0 Å². The van der Waals surface area contributed by atoms with E-state index in [0.29, 0.717) is 12.5 Å². The molecule has 1 heterocycles. The molecule has 4 nitrogen and oxygen atoms in total. The number of nitrogens with one attached hydrogen (secondary N) is 1. The molecule has 2 unspecified atom stereocenters. The summed E-state index contributed by atoms with van der Waals surface area (Å²) in [5.41, 5.74) is 0. The Kier molecular flexibility index (Phi) is 5.40. The Hall–Kier alpha value is -0.610. The highest BCUT2D eigenvalue weighted by Crippen LogP contribution is 2.20. The maximum atomic E-state index is 12.4. The first kappa shape index (κ1) is 14.5. The van der Waals surface area contributed by atoms with Gasteiger partial charge in [0.15, 0.2) is 0 Å². The van der Waals surface area contributed by atoms with E-state index in [0.717, 1.165) is 13.1 Å². The van der Waals surface area contributed by atoms with Crippen molar-refractivity contribution in [3.8, 4) is 0 Å². The Morgan fingerprint density at radius 2 is 1.94 bits per heavy atom. The molecule has 0 saturated carbocycles. The first-order valence-electron chi connectivity index (χ1n) is 6.51. The number of carbonyl (C=O) groups is 1. The highest BCUT2D eigenvalue weighted by molar-refractivity contribution is 5.79. The van der Waals surface area contributed by atoms with Gasteiger partial charge >= 0.3 is 0 Å². The molecular weight excluding hydrogens is 216 g/mol. The molecule has 100 valence electrons. The lowest BCUT2D eigenvalue weighted by Gasteiger charge is -2.37. The molecule has 0 bridgehead atoms. The van der Waals surface area contributed by atoms with E-state index in [-0.39, 0.29) is 24.0 Å². The molecule has 1 aliphatic heterocycles. The van der Waals surface area contributed by atoms with Crippen molar-refractivity contribution in [1.29, 1.82) is 0 Å². The zero-order chi connectivity index (χ0) is 13.0. The van der Waals surface area contributed by atoms with Crippen LogP contribution in [0.15, 0.2) is 0 Å². The van der Waals surface area contributed by atoms with Crippen molar-refractivity contribution in [1.82, 2.24) is 10.2 Å². The minimum Gasteiger partial charge on any atom is -0.380 e. The Morgan fingerprint density at radius 1 is 1.35 bits per heavy atom. The average Bonchev–Trinajstić information content (AvgIpc) is 2.21. The lowest BCUT2D eigenvalue weighted by molar-refractivity contribution is -0.140. The number of hydrogen-bond donors (Lipinski definition) is 1. The molecule has 0 aromatic heterocycles. The Bertz CT molecular complexity index is 252. The fourth-order valence-electron chi connectivity index (χ4n) is 2.03. The summed E-state index contributed by atoms with van der Waals surface area (Å²) in [7, 11) is 1.69. The van der Waals surface area contributed by atoms with Crippen molar-refractivity contribution in [2.24, 2.45) is 11.8 Å². The second-order valence-electron chi connectivity index (χ2n) is 5.34. The maximum absolute atomic E-state index is 12.4. The van der Waals surface area contributed by atoms with E-state index < -0.39 is 0 Å². The van der Waals surface area contributed by atoms with Crippen LogP contribution < -0.4 is 5.32 Å². The van der Waals surface area contributed by atoms with E-state index in [1.165, 1.54) is 0 Å². The lowest BCUT2D eigenvalue weighted by atomic mass is 9.87. The van der Waals surface area contributed by atoms with Gasteiger partial charge in [0.25, 0.3) is 0 Å². The summed E-state index contributed by atoms with van der Waals surface area (Å²) < 4.78 is 5.26. The summed E-state index contributed by atoms with van der Waals surface area (Å²) in [6, 6.07) is 0.232. The van der Waals surface area contributed by atoms with Crippen molar-refractivity contribution in [2.45, 2.75) is 39.8 Å². The molecule has 0 aromatic rings. The third-order valence-electron chi connectivity index (χ3n) is 3.67. The second-order valence-corrected chi connectivity index (χ2v) is 5.34. The molecule has 0 spiro atoms. The molecule has 1 N–H and O–H groups in total. The second kappa shape index (κ2) is 6.36. The predicted molar refractivity (Wildman–Crippen MR) is 68.8 cm³/mol. The van der Waals surface area contributed by atoms with Crippen molar-refractivity contribution in [2.75, 3.05) is 26.7 Å². The van der Waals surface area contributed by atoms with Crippen LogP contribution in [-0.2, 0) is 9.53 Å². The molecule has 0 aliphatic carbocycles. The summed E-state index contributed by atoms with van der Waals surface area (Å²) in [5.74, 6) is 0.875. The number of rotatable bonds is 6. The first-order chi connectivity index (χ1) is 7.97. The topological polar surface area (TPSA) is 41.6 Å². The third-order valence-corrected chi connectivity index (χ3v) is 3.67. The van der Waals surface area contributed by atoms with Crippen LogP contribution >= 0.6 is 0 Å². The van der Waals surface area contributed by atoms with Crippen LogP contribution in [0.25, 0.3) is 0 Å². The van der Waals surface area contributed by atoms with Gasteiger partial charge in [0.1, 0.15) is 0 Å². The van der Waals surface area contributed by atoms with Gasteiger partial charge in [-0.25, -0.2) is 0 Å². The zero-order valence-electron chi connectivity index (χ0n) is 11.7. The van der Waals surface area contributed by atoms with Gasteiger partial charge in [-0.1, -0.05) is 6.92 Å². The summed E-state index contributed by atoms with van der Waals surface area (Å²) in [5, 5.41) is 3.22. The minimum absolute atomic E-state index is 0.0908. The highest BCUT2D eigenvalue weighted by Gasteiger charge is 2.32. The quantitative estimate of drug-likeness (QED) is 0.759. The van der Waals surface area contributed by atoms with E-state index in [1.807, 2.05) is 18.7 Å². The SMILES string of the molecule is COC(C)CN(C(=O)C(C)C1CNC1)C(C)C. The smallest absolute Gasteiger partial charge is 0.226 e. The Balaban J connectivity index is 2.58. The van der Waals surface area contributed by atoms with Gasteiger partial charge < -0.3 is 15.0 Å². The van der Waals surface area contributed by atoms with E-state index >= 15 is 0 Å². The van der Waals surface area contributed by atoms with E-state index in [2.05, 4.69) is 19.2 Å². The standard InChI is InChI=1S/C13H26N2O2/c1-9(2)15(8-10(3)17-5)13(16)11(4)12-6-14-7-12/h9-12,14H,6-8H2,1-5H3. The van der Waals surface area contributed by atoms with Crippen molar-refractivity contribution < 1.29 is 9.53 Å².